The fraction of sp³-hybridized carbons (Fsp3) is 0.238. The quantitative estimate of drug-likeness (QED) is 0.413. The Morgan fingerprint density at radius 1 is 1.21 bits per heavy atom. The molecule has 7 heteroatoms. The molecule has 1 saturated heterocycles. The predicted molar refractivity (Wildman–Crippen MR) is 108 cm³/mol. The Kier molecular flexibility index (Phi) is 4.85. The smallest absolute Gasteiger partial charge is 0.274 e. The van der Waals surface area contributed by atoms with Crippen molar-refractivity contribution in [1.82, 2.24) is 15.8 Å². The molecule has 1 fully saturated rings. The molecule has 0 radical (unpaired) electrons. The van der Waals surface area contributed by atoms with Crippen LogP contribution in [0.15, 0.2) is 53.3 Å². The monoisotopic (exact) mass is 378 g/mol. The largest absolute Gasteiger partial charge is 0.335 e. The summed E-state index contributed by atoms with van der Waals surface area (Å²) in [6.45, 7) is 3.55. The van der Waals surface area contributed by atoms with Gasteiger partial charge in [-0.15, -0.1) is 0 Å². The van der Waals surface area contributed by atoms with Crippen molar-refractivity contribution in [3.63, 3.8) is 0 Å². The number of pyridine rings is 1. The van der Waals surface area contributed by atoms with Crippen molar-refractivity contribution < 1.29 is 10.0 Å². The van der Waals surface area contributed by atoms with Gasteiger partial charge in [-0.05, 0) is 56.3 Å². The fourth-order valence-electron chi connectivity index (χ4n) is 3.77. The molecule has 4 N–H and O–H groups in total. The molecule has 1 aliphatic rings. The molecular weight excluding hydrogens is 356 g/mol. The molecule has 4 rings (SSSR count). The van der Waals surface area contributed by atoms with Crippen LogP contribution in [0.5, 0.6) is 0 Å². The highest BCUT2D eigenvalue weighted by molar-refractivity contribution is 5.95. The first kappa shape index (κ1) is 18.2. The van der Waals surface area contributed by atoms with Crippen LogP contribution in [0, 0.1) is 6.92 Å². The van der Waals surface area contributed by atoms with Gasteiger partial charge in [0.25, 0.3) is 11.5 Å². The first-order valence-corrected chi connectivity index (χ1v) is 9.25. The number of nitrogens with one attached hydrogen (secondary N) is 3. The summed E-state index contributed by atoms with van der Waals surface area (Å²) < 4.78 is 0. The van der Waals surface area contributed by atoms with E-state index in [9.17, 15) is 9.59 Å². The van der Waals surface area contributed by atoms with Gasteiger partial charge in [0, 0.05) is 34.8 Å². The standard InChI is InChI=1S/C21H22N4O3/c1-13-11-15-3-2-4-18(19(15)23-20(13)26)25(17-9-10-22-12-17)16-7-5-14(6-8-16)21(27)24-28/h2-8,11,17,22,28H,9-10,12H2,1H3,(H,23,26)(H,24,27). The normalized spacial score (nSPS) is 16.3. The number of aromatic amines is 1. The van der Waals surface area contributed by atoms with Gasteiger partial charge in [-0.2, -0.15) is 0 Å². The van der Waals surface area contributed by atoms with Gasteiger partial charge >= 0.3 is 0 Å². The summed E-state index contributed by atoms with van der Waals surface area (Å²) >= 11 is 0. The topological polar surface area (TPSA) is 97.5 Å². The minimum absolute atomic E-state index is 0.0978. The van der Waals surface area contributed by atoms with Crippen LogP contribution in [0.4, 0.5) is 11.4 Å². The van der Waals surface area contributed by atoms with Gasteiger partial charge in [0.1, 0.15) is 0 Å². The van der Waals surface area contributed by atoms with E-state index >= 15 is 0 Å². The third-order valence-corrected chi connectivity index (χ3v) is 5.21. The van der Waals surface area contributed by atoms with Crippen molar-refractivity contribution >= 4 is 28.2 Å². The van der Waals surface area contributed by atoms with E-state index in [-0.39, 0.29) is 11.6 Å². The number of hydroxylamine groups is 1. The second-order valence-electron chi connectivity index (χ2n) is 7.03. The van der Waals surface area contributed by atoms with Crippen LogP contribution in [0.3, 0.4) is 0 Å². The number of aromatic nitrogens is 1. The number of para-hydroxylation sites is 1. The van der Waals surface area contributed by atoms with Gasteiger partial charge in [-0.1, -0.05) is 12.1 Å². The molecular formula is C21H22N4O3. The molecule has 1 aliphatic heterocycles. The van der Waals surface area contributed by atoms with E-state index in [1.807, 2.05) is 36.4 Å². The summed E-state index contributed by atoms with van der Waals surface area (Å²) in [6.07, 6.45) is 0.964. The summed E-state index contributed by atoms with van der Waals surface area (Å²) in [4.78, 5) is 29.1. The van der Waals surface area contributed by atoms with Gasteiger partial charge in [0.05, 0.1) is 11.2 Å². The molecule has 3 aromatic rings. The second kappa shape index (κ2) is 7.46. The molecule has 0 bridgehead atoms. The minimum atomic E-state index is -0.550. The number of fused-ring (bicyclic) bond motifs is 1. The lowest BCUT2D eigenvalue weighted by atomic mass is 10.1. The van der Waals surface area contributed by atoms with Crippen LogP contribution in [0.25, 0.3) is 10.9 Å². The van der Waals surface area contributed by atoms with Crippen LogP contribution in [-0.4, -0.2) is 35.2 Å². The van der Waals surface area contributed by atoms with Crippen molar-refractivity contribution in [1.29, 1.82) is 0 Å². The van der Waals surface area contributed by atoms with E-state index in [2.05, 4.69) is 15.2 Å². The van der Waals surface area contributed by atoms with E-state index in [1.165, 1.54) is 0 Å². The maximum Gasteiger partial charge on any atom is 0.274 e. The van der Waals surface area contributed by atoms with Crippen molar-refractivity contribution in [2.24, 2.45) is 0 Å². The number of carbonyl (C=O) groups is 1. The Bertz CT molecular complexity index is 1070. The van der Waals surface area contributed by atoms with Crippen molar-refractivity contribution in [3.05, 3.63) is 70.0 Å². The number of hydrogen-bond acceptors (Lipinski definition) is 5. The molecule has 28 heavy (non-hydrogen) atoms. The average Bonchev–Trinajstić information content (AvgIpc) is 3.24. The molecule has 1 atom stereocenters. The highest BCUT2D eigenvalue weighted by Crippen LogP contribution is 2.34. The van der Waals surface area contributed by atoms with Gasteiger partial charge in [0.2, 0.25) is 0 Å². The number of carbonyl (C=O) groups excluding carboxylic acids is 1. The minimum Gasteiger partial charge on any atom is -0.335 e. The molecule has 1 aromatic heterocycles. The summed E-state index contributed by atoms with van der Waals surface area (Å²) in [5.74, 6) is -0.550. The lowest BCUT2D eigenvalue weighted by Crippen LogP contribution is -2.33. The zero-order valence-electron chi connectivity index (χ0n) is 15.5. The average molecular weight is 378 g/mol. The molecule has 144 valence electrons. The second-order valence-corrected chi connectivity index (χ2v) is 7.03. The molecule has 1 amide bonds. The van der Waals surface area contributed by atoms with Crippen LogP contribution in [0.1, 0.15) is 22.3 Å². The number of amides is 1. The van der Waals surface area contributed by atoms with E-state index in [4.69, 9.17) is 5.21 Å². The Morgan fingerprint density at radius 3 is 2.68 bits per heavy atom. The number of nitrogens with zero attached hydrogens (tertiary/aromatic N) is 1. The summed E-state index contributed by atoms with van der Waals surface area (Å²) in [5, 5.41) is 13.2. The molecule has 1 unspecified atom stereocenters. The molecule has 0 saturated carbocycles. The van der Waals surface area contributed by atoms with Crippen molar-refractivity contribution in [3.8, 4) is 0 Å². The lowest BCUT2D eigenvalue weighted by Gasteiger charge is -2.32. The van der Waals surface area contributed by atoms with Gasteiger partial charge in [-0.25, -0.2) is 5.48 Å². The van der Waals surface area contributed by atoms with Gasteiger partial charge < -0.3 is 15.2 Å². The molecule has 2 heterocycles. The SMILES string of the molecule is Cc1cc2cccc(N(c3ccc(C(=O)NO)cc3)C3CCNC3)c2[nH]c1=O. The summed E-state index contributed by atoms with van der Waals surface area (Å²) in [5.41, 5.74) is 5.23. The van der Waals surface area contributed by atoms with E-state index in [1.54, 1.807) is 24.5 Å². The Balaban J connectivity index is 1.86. The van der Waals surface area contributed by atoms with Crippen LogP contribution in [-0.2, 0) is 0 Å². The Morgan fingerprint density at radius 2 is 2.00 bits per heavy atom. The summed E-state index contributed by atoms with van der Waals surface area (Å²) in [7, 11) is 0. The Labute approximate surface area is 162 Å². The number of benzene rings is 2. The van der Waals surface area contributed by atoms with E-state index in [0.29, 0.717) is 11.1 Å². The van der Waals surface area contributed by atoms with Crippen LogP contribution < -0.4 is 21.3 Å². The van der Waals surface area contributed by atoms with E-state index < -0.39 is 5.91 Å². The maximum atomic E-state index is 12.3. The highest BCUT2D eigenvalue weighted by atomic mass is 16.5. The van der Waals surface area contributed by atoms with E-state index in [0.717, 1.165) is 41.8 Å². The fourth-order valence-corrected chi connectivity index (χ4v) is 3.77. The highest BCUT2D eigenvalue weighted by Gasteiger charge is 2.26. The third kappa shape index (κ3) is 3.26. The van der Waals surface area contributed by atoms with Gasteiger partial charge in [0.15, 0.2) is 0 Å². The number of H-pyrrole nitrogens is 1. The number of rotatable bonds is 4. The van der Waals surface area contributed by atoms with Crippen LogP contribution in [0.2, 0.25) is 0 Å². The number of aryl methyl sites for hydroxylation is 1. The maximum absolute atomic E-state index is 12.3. The van der Waals surface area contributed by atoms with Crippen molar-refractivity contribution in [2.75, 3.05) is 18.0 Å². The molecule has 2 aromatic carbocycles. The van der Waals surface area contributed by atoms with Crippen LogP contribution >= 0.6 is 0 Å². The molecule has 0 spiro atoms. The zero-order chi connectivity index (χ0) is 19.7. The number of hydrogen-bond donors (Lipinski definition) is 4. The van der Waals surface area contributed by atoms with Crippen molar-refractivity contribution in [2.45, 2.75) is 19.4 Å². The number of anilines is 2. The third-order valence-electron chi connectivity index (χ3n) is 5.21. The molecule has 0 aliphatic carbocycles. The first-order valence-electron chi connectivity index (χ1n) is 9.25. The molecule has 7 nitrogen and oxygen atoms in total. The lowest BCUT2D eigenvalue weighted by molar-refractivity contribution is 0.0706. The van der Waals surface area contributed by atoms with Gasteiger partial charge in [-0.3, -0.25) is 14.8 Å². The summed E-state index contributed by atoms with van der Waals surface area (Å²) in [6, 6.07) is 15.1. The Hall–Kier alpha value is -3.16. The first-order chi connectivity index (χ1) is 13.6. The zero-order valence-corrected chi connectivity index (χ0v) is 15.5. The predicted octanol–water partition coefficient (Wildman–Crippen LogP) is 2.46.